The highest BCUT2D eigenvalue weighted by Crippen LogP contribution is 2.21. The summed E-state index contributed by atoms with van der Waals surface area (Å²) in [5, 5.41) is 3.02. The molecule has 0 unspecified atom stereocenters. The van der Waals surface area contributed by atoms with Crippen molar-refractivity contribution < 1.29 is 27.1 Å². The fourth-order valence-electron chi connectivity index (χ4n) is 2.49. The van der Waals surface area contributed by atoms with E-state index >= 15 is 0 Å². The fourth-order valence-corrected chi connectivity index (χ4v) is 2.65. The van der Waals surface area contributed by atoms with Crippen molar-refractivity contribution in [1.29, 1.82) is 0 Å². The monoisotopic (exact) mass is 414 g/mol. The number of ether oxygens (including phenoxy) is 1. The zero-order chi connectivity index (χ0) is 20.3. The minimum atomic E-state index is -4.42. The van der Waals surface area contributed by atoms with Crippen LogP contribution in [0.4, 0.5) is 18.9 Å². The van der Waals surface area contributed by atoms with E-state index in [4.69, 9.17) is 16.0 Å². The highest BCUT2D eigenvalue weighted by molar-refractivity contribution is 6.31. The van der Waals surface area contributed by atoms with Crippen molar-refractivity contribution in [2.75, 3.05) is 11.9 Å². The van der Waals surface area contributed by atoms with Gasteiger partial charge in [0.1, 0.15) is 5.75 Å². The highest BCUT2D eigenvalue weighted by atomic mass is 35.5. The van der Waals surface area contributed by atoms with Crippen molar-refractivity contribution in [3.63, 3.8) is 0 Å². The van der Waals surface area contributed by atoms with Crippen molar-refractivity contribution in [3.05, 3.63) is 58.0 Å². The lowest BCUT2D eigenvalue weighted by Gasteiger charge is -2.10. The van der Waals surface area contributed by atoms with Gasteiger partial charge in [0.05, 0.1) is 5.52 Å². The number of alkyl halides is 3. The van der Waals surface area contributed by atoms with Gasteiger partial charge in [-0.2, -0.15) is 13.2 Å². The van der Waals surface area contributed by atoms with Gasteiger partial charge in [0.15, 0.2) is 12.2 Å². The average Bonchev–Trinajstić information content (AvgIpc) is 2.93. The van der Waals surface area contributed by atoms with Crippen molar-refractivity contribution >= 4 is 34.3 Å². The van der Waals surface area contributed by atoms with E-state index in [2.05, 4.69) is 10.1 Å². The molecule has 28 heavy (non-hydrogen) atoms. The van der Waals surface area contributed by atoms with Crippen LogP contribution in [-0.4, -0.2) is 23.3 Å². The van der Waals surface area contributed by atoms with Crippen LogP contribution in [0.5, 0.6) is 5.75 Å². The number of amides is 1. The number of anilines is 1. The van der Waals surface area contributed by atoms with Gasteiger partial charge in [-0.25, -0.2) is 4.79 Å². The summed E-state index contributed by atoms with van der Waals surface area (Å²) in [5.74, 6) is -0.944. The van der Waals surface area contributed by atoms with Crippen LogP contribution < -0.4 is 15.8 Å². The Labute approximate surface area is 161 Å². The van der Waals surface area contributed by atoms with Crippen LogP contribution in [0, 0.1) is 0 Å². The molecule has 2 aromatic carbocycles. The average molecular weight is 415 g/mol. The van der Waals surface area contributed by atoms with Gasteiger partial charge in [-0.3, -0.25) is 9.36 Å². The minimum absolute atomic E-state index is 0.0104. The third-order valence-electron chi connectivity index (χ3n) is 3.73. The number of aryl methyl sites for hydroxylation is 1. The summed E-state index contributed by atoms with van der Waals surface area (Å²) < 4.78 is 47.4. The molecule has 0 radical (unpaired) electrons. The molecule has 0 bridgehead atoms. The lowest BCUT2D eigenvalue weighted by molar-refractivity contribution is -0.153. The first-order chi connectivity index (χ1) is 13.2. The molecule has 0 saturated heterocycles. The molecule has 1 N–H and O–H groups in total. The standard InChI is InChI=1S/C18H14ClF3N2O4/c19-11-1-6-14-15(9-11)28-17(26)24(14)8-7-16(25)23-12-2-4-13(5-3-12)27-10-18(20,21)22/h1-6,9H,7-8,10H2,(H,23,25). The van der Waals surface area contributed by atoms with E-state index in [1.54, 1.807) is 12.1 Å². The third kappa shape index (κ3) is 5.07. The van der Waals surface area contributed by atoms with E-state index in [1.165, 1.54) is 34.9 Å². The van der Waals surface area contributed by atoms with Gasteiger partial charge in [0, 0.05) is 29.7 Å². The number of oxazole rings is 1. The fraction of sp³-hybridized carbons (Fsp3) is 0.222. The number of nitrogens with one attached hydrogen (secondary N) is 1. The van der Waals surface area contributed by atoms with E-state index < -0.39 is 18.5 Å². The quantitative estimate of drug-likeness (QED) is 0.655. The molecule has 0 aliphatic rings. The van der Waals surface area contributed by atoms with Crippen LogP contribution >= 0.6 is 11.6 Å². The van der Waals surface area contributed by atoms with E-state index in [0.717, 1.165) is 0 Å². The van der Waals surface area contributed by atoms with Crippen LogP contribution in [0.3, 0.4) is 0 Å². The van der Waals surface area contributed by atoms with Crippen molar-refractivity contribution in [3.8, 4) is 5.75 Å². The Morgan fingerprint density at radius 2 is 1.89 bits per heavy atom. The lowest BCUT2D eigenvalue weighted by atomic mass is 10.3. The Bertz CT molecular complexity index is 1040. The number of aromatic nitrogens is 1. The molecule has 3 rings (SSSR count). The summed E-state index contributed by atoms with van der Waals surface area (Å²) in [6, 6.07) is 10.2. The van der Waals surface area contributed by atoms with Crippen molar-refractivity contribution in [1.82, 2.24) is 4.57 Å². The Balaban J connectivity index is 1.58. The summed E-state index contributed by atoms with van der Waals surface area (Å²) in [6.45, 7) is -1.30. The Morgan fingerprint density at radius 1 is 1.18 bits per heavy atom. The summed E-state index contributed by atoms with van der Waals surface area (Å²) in [4.78, 5) is 24.0. The van der Waals surface area contributed by atoms with Crippen molar-refractivity contribution in [2.24, 2.45) is 0 Å². The normalized spacial score (nSPS) is 11.6. The van der Waals surface area contributed by atoms with Gasteiger partial charge in [0.25, 0.3) is 0 Å². The molecular weight excluding hydrogens is 401 g/mol. The van der Waals surface area contributed by atoms with Crippen LogP contribution in [-0.2, 0) is 11.3 Å². The second kappa shape index (κ2) is 7.97. The lowest BCUT2D eigenvalue weighted by Crippen LogP contribution is -2.20. The van der Waals surface area contributed by atoms with Crippen LogP contribution in [0.25, 0.3) is 11.1 Å². The molecule has 1 heterocycles. The number of hydrogen-bond donors (Lipinski definition) is 1. The molecule has 148 valence electrons. The Morgan fingerprint density at radius 3 is 2.57 bits per heavy atom. The largest absolute Gasteiger partial charge is 0.484 e. The SMILES string of the molecule is O=C(CCn1c(=O)oc2cc(Cl)ccc21)Nc1ccc(OCC(F)(F)F)cc1. The number of halogens is 4. The van der Waals surface area contributed by atoms with E-state index in [9.17, 15) is 22.8 Å². The number of carbonyl (C=O) groups is 1. The summed E-state index contributed by atoms with van der Waals surface area (Å²) in [6.07, 6.45) is -4.43. The number of rotatable bonds is 6. The van der Waals surface area contributed by atoms with Crippen LogP contribution in [0.15, 0.2) is 51.7 Å². The second-order valence-electron chi connectivity index (χ2n) is 5.86. The molecule has 0 atom stereocenters. The second-order valence-corrected chi connectivity index (χ2v) is 6.29. The minimum Gasteiger partial charge on any atom is -0.484 e. The molecule has 3 aromatic rings. The molecule has 1 aromatic heterocycles. The molecule has 0 fully saturated rings. The highest BCUT2D eigenvalue weighted by Gasteiger charge is 2.28. The first kappa shape index (κ1) is 19.8. The van der Waals surface area contributed by atoms with Gasteiger partial charge in [-0.05, 0) is 36.4 Å². The smallest absolute Gasteiger partial charge is 0.422 e. The van der Waals surface area contributed by atoms with Gasteiger partial charge >= 0.3 is 11.9 Å². The molecule has 0 spiro atoms. The molecule has 6 nitrogen and oxygen atoms in total. The van der Waals surface area contributed by atoms with Crippen LogP contribution in [0.1, 0.15) is 6.42 Å². The first-order valence-corrected chi connectivity index (χ1v) is 8.47. The van der Waals surface area contributed by atoms with Crippen molar-refractivity contribution in [2.45, 2.75) is 19.1 Å². The summed E-state index contributed by atoms with van der Waals surface area (Å²) >= 11 is 5.85. The predicted octanol–water partition coefficient (Wildman–Crippen LogP) is 4.22. The maximum absolute atomic E-state index is 12.1. The first-order valence-electron chi connectivity index (χ1n) is 8.10. The number of nitrogens with zero attached hydrogens (tertiary/aromatic N) is 1. The molecule has 1 amide bonds. The van der Waals surface area contributed by atoms with E-state index in [-0.39, 0.29) is 24.6 Å². The number of hydrogen-bond acceptors (Lipinski definition) is 4. The zero-order valence-corrected chi connectivity index (χ0v) is 15.0. The summed E-state index contributed by atoms with van der Waals surface area (Å²) in [5.41, 5.74) is 1.24. The van der Waals surface area contributed by atoms with Gasteiger partial charge in [0.2, 0.25) is 5.91 Å². The van der Waals surface area contributed by atoms with Gasteiger partial charge in [-0.1, -0.05) is 11.6 Å². The Kier molecular flexibility index (Phi) is 5.64. The number of carbonyl (C=O) groups excluding carboxylic acids is 1. The van der Waals surface area contributed by atoms with Gasteiger partial charge < -0.3 is 14.5 Å². The number of fused-ring (bicyclic) bond motifs is 1. The summed E-state index contributed by atoms with van der Waals surface area (Å²) in [7, 11) is 0. The molecule has 0 aliphatic heterocycles. The zero-order valence-electron chi connectivity index (χ0n) is 14.3. The maximum Gasteiger partial charge on any atom is 0.422 e. The predicted molar refractivity (Wildman–Crippen MR) is 96.7 cm³/mol. The third-order valence-corrected chi connectivity index (χ3v) is 3.97. The molecule has 10 heteroatoms. The van der Waals surface area contributed by atoms with E-state index in [0.29, 0.717) is 21.8 Å². The van der Waals surface area contributed by atoms with Gasteiger partial charge in [-0.15, -0.1) is 0 Å². The Hall–Kier alpha value is -2.94. The molecule has 0 aliphatic carbocycles. The topological polar surface area (TPSA) is 73.5 Å². The van der Waals surface area contributed by atoms with Crippen LogP contribution in [0.2, 0.25) is 5.02 Å². The maximum atomic E-state index is 12.1. The van der Waals surface area contributed by atoms with E-state index in [1.807, 2.05) is 0 Å². The molecular formula is C18H14ClF3N2O4. The number of benzene rings is 2. The molecule has 0 saturated carbocycles.